The number of furan rings is 1. The minimum Gasteiger partial charge on any atom is -0.467 e. The molecule has 0 fully saturated rings. The molecule has 1 aromatic heterocycles. The molecule has 0 radical (unpaired) electrons. The number of rotatable bonds is 3. The van der Waals surface area contributed by atoms with Gasteiger partial charge < -0.3 is 9.73 Å². The summed E-state index contributed by atoms with van der Waals surface area (Å²) in [5.41, 5.74) is 1.57. The average molecular weight is 277 g/mol. The number of anilines is 1. The maximum Gasteiger partial charge on any atom is 0.122 e. The Bertz CT molecular complexity index is 514. The topological polar surface area (TPSA) is 49.0 Å². The van der Waals surface area contributed by atoms with Gasteiger partial charge in [0.15, 0.2) is 0 Å². The van der Waals surface area contributed by atoms with Crippen LogP contribution in [0.5, 0.6) is 0 Å². The lowest BCUT2D eigenvalue weighted by Crippen LogP contribution is -1.98. The molecule has 0 amide bonds. The van der Waals surface area contributed by atoms with Crippen molar-refractivity contribution in [1.82, 2.24) is 0 Å². The molecule has 1 heterocycles. The molecule has 2 rings (SSSR count). The molecule has 3 nitrogen and oxygen atoms in total. The molecule has 0 spiro atoms. The van der Waals surface area contributed by atoms with Gasteiger partial charge in [0.05, 0.1) is 18.4 Å². The first-order valence-electron chi connectivity index (χ1n) is 4.75. The van der Waals surface area contributed by atoms with Gasteiger partial charge in [0.25, 0.3) is 0 Å². The van der Waals surface area contributed by atoms with Crippen molar-refractivity contribution in [2.75, 3.05) is 5.32 Å². The first kappa shape index (κ1) is 10.8. The van der Waals surface area contributed by atoms with E-state index in [4.69, 9.17) is 9.68 Å². The summed E-state index contributed by atoms with van der Waals surface area (Å²) in [6.45, 7) is 0.630. The monoisotopic (exact) mass is 276 g/mol. The maximum atomic E-state index is 8.77. The normalized spacial score (nSPS) is 9.75. The molecule has 0 atom stereocenters. The predicted octanol–water partition coefficient (Wildman–Crippen LogP) is 3.53. The van der Waals surface area contributed by atoms with E-state index in [1.165, 1.54) is 0 Å². The van der Waals surface area contributed by atoms with Crippen molar-refractivity contribution in [3.05, 3.63) is 52.4 Å². The van der Waals surface area contributed by atoms with Gasteiger partial charge >= 0.3 is 0 Å². The second-order valence-electron chi connectivity index (χ2n) is 3.24. The molecule has 0 saturated heterocycles. The molecule has 1 aromatic carbocycles. The fourth-order valence-electron chi connectivity index (χ4n) is 1.32. The van der Waals surface area contributed by atoms with Crippen LogP contribution in [0.25, 0.3) is 0 Å². The quantitative estimate of drug-likeness (QED) is 0.933. The fraction of sp³-hybridized carbons (Fsp3) is 0.0833. The molecular formula is C12H9BrN2O. The summed E-state index contributed by atoms with van der Waals surface area (Å²) in [7, 11) is 0. The Morgan fingerprint density at radius 3 is 2.88 bits per heavy atom. The molecule has 1 N–H and O–H groups in total. The lowest BCUT2D eigenvalue weighted by molar-refractivity contribution is 0.518. The second-order valence-corrected chi connectivity index (χ2v) is 4.09. The van der Waals surface area contributed by atoms with E-state index in [9.17, 15) is 0 Å². The van der Waals surface area contributed by atoms with E-state index in [1.807, 2.05) is 24.3 Å². The van der Waals surface area contributed by atoms with E-state index in [-0.39, 0.29) is 0 Å². The first-order valence-corrected chi connectivity index (χ1v) is 5.55. The highest BCUT2D eigenvalue weighted by Gasteiger charge is 2.01. The van der Waals surface area contributed by atoms with E-state index in [2.05, 4.69) is 27.3 Å². The number of nitrogens with one attached hydrogen (secondary N) is 1. The molecule has 0 aliphatic carbocycles. The first-order chi connectivity index (χ1) is 7.79. The third kappa shape index (κ3) is 2.44. The summed E-state index contributed by atoms with van der Waals surface area (Å²) in [5.74, 6) is 0.875. The number of nitrogens with zero attached hydrogens (tertiary/aromatic N) is 1. The Morgan fingerprint density at radius 1 is 1.38 bits per heavy atom. The van der Waals surface area contributed by atoms with E-state index in [1.54, 1.807) is 12.3 Å². The highest BCUT2D eigenvalue weighted by Crippen LogP contribution is 2.21. The van der Waals surface area contributed by atoms with Crippen LogP contribution in [0.15, 0.2) is 45.5 Å². The van der Waals surface area contributed by atoms with Crippen molar-refractivity contribution in [1.29, 1.82) is 5.26 Å². The van der Waals surface area contributed by atoms with E-state index in [0.717, 1.165) is 15.9 Å². The molecule has 2 aromatic rings. The summed E-state index contributed by atoms with van der Waals surface area (Å²) in [6, 6.07) is 11.4. The third-order valence-corrected chi connectivity index (χ3v) is 2.79. The minimum atomic E-state index is 0.628. The average Bonchev–Trinajstić information content (AvgIpc) is 2.79. The molecule has 0 unspecified atom stereocenters. The zero-order valence-electron chi connectivity index (χ0n) is 8.40. The minimum absolute atomic E-state index is 0.628. The molecule has 80 valence electrons. The van der Waals surface area contributed by atoms with Gasteiger partial charge in [-0.1, -0.05) is 0 Å². The van der Waals surface area contributed by atoms with Crippen molar-refractivity contribution in [3.8, 4) is 6.07 Å². The molecule has 0 bridgehead atoms. The summed E-state index contributed by atoms with van der Waals surface area (Å²) in [4.78, 5) is 0. The standard InChI is InChI=1S/C12H9BrN2O/c13-12-6-10(4-3-9(12)7-14)15-8-11-2-1-5-16-11/h1-6,15H,8H2. The SMILES string of the molecule is N#Cc1ccc(NCc2ccco2)cc1Br. The summed E-state index contributed by atoms with van der Waals surface area (Å²) >= 11 is 3.34. The summed E-state index contributed by atoms with van der Waals surface area (Å²) in [6.07, 6.45) is 1.64. The summed E-state index contributed by atoms with van der Waals surface area (Å²) in [5, 5.41) is 12.0. The molecule has 4 heteroatoms. The van der Waals surface area contributed by atoms with Gasteiger partial charge in [-0.3, -0.25) is 0 Å². The van der Waals surface area contributed by atoms with Crippen LogP contribution < -0.4 is 5.32 Å². The number of hydrogen-bond donors (Lipinski definition) is 1. The van der Waals surface area contributed by atoms with Crippen LogP contribution in [0.4, 0.5) is 5.69 Å². The van der Waals surface area contributed by atoms with E-state index >= 15 is 0 Å². The Kier molecular flexibility index (Phi) is 3.28. The molecule has 0 aliphatic heterocycles. The van der Waals surface area contributed by atoms with Crippen LogP contribution in [0.2, 0.25) is 0 Å². The lowest BCUT2D eigenvalue weighted by Gasteiger charge is -2.05. The number of hydrogen-bond acceptors (Lipinski definition) is 3. The molecule has 16 heavy (non-hydrogen) atoms. The Hall–Kier alpha value is -1.73. The third-order valence-electron chi connectivity index (χ3n) is 2.14. The van der Waals surface area contributed by atoms with Crippen molar-refractivity contribution >= 4 is 21.6 Å². The van der Waals surface area contributed by atoms with Crippen LogP contribution in [-0.2, 0) is 6.54 Å². The van der Waals surface area contributed by atoms with Crippen molar-refractivity contribution in [2.45, 2.75) is 6.54 Å². The largest absolute Gasteiger partial charge is 0.467 e. The Labute approximate surface area is 102 Å². The molecule has 0 aliphatic rings. The van der Waals surface area contributed by atoms with Crippen LogP contribution >= 0.6 is 15.9 Å². The summed E-state index contributed by atoms with van der Waals surface area (Å²) < 4.78 is 5.99. The number of nitriles is 1. The van der Waals surface area contributed by atoms with Gasteiger partial charge in [-0.05, 0) is 46.3 Å². The lowest BCUT2D eigenvalue weighted by atomic mass is 10.2. The van der Waals surface area contributed by atoms with Crippen molar-refractivity contribution in [2.24, 2.45) is 0 Å². The van der Waals surface area contributed by atoms with Gasteiger partial charge in [0, 0.05) is 10.2 Å². The number of halogens is 1. The fourth-order valence-corrected chi connectivity index (χ4v) is 1.79. The van der Waals surface area contributed by atoms with Gasteiger partial charge in [-0.2, -0.15) is 5.26 Å². The Balaban J connectivity index is 2.06. The molecular weight excluding hydrogens is 268 g/mol. The highest BCUT2D eigenvalue weighted by molar-refractivity contribution is 9.10. The van der Waals surface area contributed by atoms with Crippen LogP contribution in [-0.4, -0.2) is 0 Å². The smallest absolute Gasteiger partial charge is 0.122 e. The van der Waals surface area contributed by atoms with Gasteiger partial charge in [-0.15, -0.1) is 0 Å². The highest BCUT2D eigenvalue weighted by atomic mass is 79.9. The van der Waals surface area contributed by atoms with Gasteiger partial charge in [-0.25, -0.2) is 0 Å². The maximum absolute atomic E-state index is 8.77. The van der Waals surface area contributed by atoms with E-state index in [0.29, 0.717) is 12.1 Å². The van der Waals surface area contributed by atoms with E-state index < -0.39 is 0 Å². The molecule has 0 saturated carbocycles. The van der Waals surface area contributed by atoms with Gasteiger partial charge in [0.1, 0.15) is 11.8 Å². The van der Waals surface area contributed by atoms with Crippen LogP contribution in [0, 0.1) is 11.3 Å². The zero-order valence-corrected chi connectivity index (χ0v) is 9.99. The number of benzene rings is 1. The van der Waals surface area contributed by atoms with Crippen molar-refractivity contribution in [3.63, 3.8) is 0 Å². The second kappa shape index (κ2) is 4.86. The van der Waals surface area contributed by atoms with Crippen molar-refractivity contribution < 1.29 is 4.42 Å². The zero-order chi connectivity index (χ0) is 11.4. The van der Waals surface area contributed by atoms with Gasteiger partial charge in [0.2, 0.25) is 0 Å². The Morgan fingerprint density at radius 2 is 2.25 bits per heavy atom. The van der Waals surface area contributed by atoms with Crippen LogP contribution in [0.1, 0.15) is 11.3 Å². The van der Waals surface area contributed by atoms with Crippen LogP contribution in [0.3, 0.4) is 0 Å². The predicted molar refractivity (Wildman–Crippen MR) is 64.9 cm³/mol.